The van der Waals surface area contributed by atoms with Crippen LogP contribution < -0.4 is 0 Å². The minimum Gasteiger partial charge on any atom is -0.462 e. The van der Waals surface area contributed by atoms with Gasteiger partial charge < -0.3 is 14.5 Å². The largest absolute Gasteiger partial charge is 0.462 e. The fraction of sp³-hybridized carbons (Fsp3) is 0.278. The summed E-state index contributed by atoms with van der Waals surface area (Å²) in [5, 5.41) is 0.474. The van der Waals surface area contributed by atoms with Crippen molar-refractivity contribution in [2.75, 3.05) is 13.2 Å². The van der Waals surface area contributed by atoms with E-state index in [2.05, 4.69) is 4.98 Å². The van der Waals surface area contributed by atoms with Crippen molar-refractivity contribution in [3.63, 3.8) is 0 Å². The maximum atomic E-state index is 12.5. The Morgan fingerprint density at radius 3 is 2.31 bits per heavy atom. The fourth-order valence-corrected chi connectivity index (χ4v) is 2.89. The van der Waals surface area contributed by atoms with Crippen molar-refractivity contribution in [1.29, 1.82) is 0 Å². The summed E-state index contributed by atoms with van der Waals surface area (Å²) in [5.74, 6) is -1.92. The van der Waals surface area contributed by atoms with E-state index in [4.69, 9.17) is 32.7 Å². The molecule has 1 heterocycles. The van der Waals surface area contributed by atoms with Crippen LogP contribution in [0.1, 0.15) is 49.4 Å². The van der Waals surface area contributed by atoms with E-state index < -0.39 is 24.3 Å². The van der Waals surface area contributed by atoms with E-state index in [0.717, 1.165) is 0 Å². The van der Waals surface area contributed by atoms with Gasteiger partial charge in [0.15, 0.2) is 6.61 Å². The molecule has 0 saturated carbocycles. The maximum Gasteiger partial charge on any atom is 0.340 e. The molecular weight excluding hydrogens is 381 g/mol. The second-order valence-corrected chi connectivity index (χ2v) is 6.31. The van der Waals surface area contributed by atoms with Crippen LogP contribution in [-0.4, -0.2) is 35.9 Å². The number of esters is 2. The molecule has 0 aliphatic carbocycles. The number of hydrogen-bond donors (Lipinski definition) is 1. The Bertz CT molecular complexity index is 873. The molecule has 6 nitrogen and oxygen atoms in total. The van der Waals surface area contributed by atoms with Gasteiger partial charge >= 0.3 is 11.9 Å². The second kappa shape index (κ2) is 8.38. The minimum absolute atomic E-state index is 0.0551. The highest BCUT2D eigenvalue weighted by Crippen LogP contribution is 2.23. The van der Waals surface area contributed by atoms with E-state index in [1.807, 2.05) is 0 Å². The van der Waals surface area contributed by atoms with Crippen LogP contribution in [0, 0.1) is 13.8 Å². The summed E-state index contributed by atoms with van der Waals surface area (Å²) < 4.78 is 10.0. The average molecular weight is 398 g/mol. The van der Waals surface area contributed by atoms with Gasteiger partial charge in [0, 0.05) is 16.4 Å². The van der Waals surface area contributed by atoms with Crippen LogP contribution >= 0.6 is 23.2 Å². The summed E-state index contributed by atoms with van der Waals surface area (Å²) in [6.07, 6.45) is 0. The lowest BCUT2D eigenvalue weighted by atomic mass is 10.1. The van der Waals surface area contributed by atoms with Gasteiger partial charge in [-0.3, -0.25) is 4.79 Å². The lowest BCUT2D eigenvalue weighted by Gasteiger charge is -2.08. The van der Waals surface area contributed by atoms with Crippen molar-refractivity contribution in [1.82, 2.24) is 4.98 Å². The van der Waals surface area contributed by atoms with E-state index in [9.17, 15) is 14.4 Å². The predicted molar refractivity (Wildman–Crippen MR) is 97.3 cm³/mol. The molecule has 2 aromatic rings. The van der Waals surface area contributed by atoms with Gasteiger partial charge in [-0.25, -0.2) is 9.59 Å². The molecule has 0 bridgehead atoms. The number of carbonyl (C=O) groups excluding carboxylic acids is 3. The van der Waals surface area contributed by atoms with Crippen molar-refractivity contribution in [2.24, 2.45) is 0 Å². The summed E-state index contributed by atoms with van der Waals surface area (Å²) in [5.41, 5.74) is 1.34. The number of aromatic amines is 1. The van der Waals surface area contributed by atoms with Crippen LogP contribution in [-0.2, 0) is 9.47 Å². The monoisotopic (exact) mass is 397 g/mol. The van der Waals surface area contributed by atoms with Crippen LogP contribution in [0.5, 0.6) is 0 Å². The van der Waals surface area contributed by atoms with Crippen LogP contribution in [0.4, 0.5) is 0 Å². The molecular formula is C18H17Cl2NO5. The van der Waals surface area contributed by atoms with E-state index in [-0.39, 0.29) is 28.3 Å². The molecule has 1 N–H and O–H groups in total. The first-order valence-electron chi connectivity index (χ1n) is 7.77. The van der Waals surface area contributed by atoms with Gasteiger partial charge in [-0.2, -0.15) is 0 Å². The van der Waals surface area contributed by atoms with Gasteiger partial charge in [-0.15, -0.1) is 0 Å². The standard InChI is InChI=1S/C18H17Cl2NO5/c1-4-25-18(24)16-10(3)21-9(2)15(16)14(22)8-26-17(23)12-7-11(19)5-6-13(12)20/h5-7,21H,4,8H2,1-3H3. The Labute approximate surface area is 160 Å². The molecule has 0 aliphatic rings. The number of carbonyl (C=O) groups is 3. The molecule has 8 heteroatoms. The number of nitrogens with one attached hydrogen (secondary N) is 1. The van der Waals surface area contributed by atoms with Crippen molar-refractivity contribution < 1.29 is 23.9 Å². The number of hydrogen-bond acceptors (Lipinski definition) is 5. The maximum absolute atomic E-state index is 12.5. The number of aromatic nitrogens is 1. The van der Waals surface area contributed by atoms with Gasteiger partial charge in [0.2, 0.25) is 5.78 Å². The number of Topliss-reactive ketones (excluding diaryl/α,β-unsaturated/α-hetero) is 1. The van der Waals surface area contributed by atoms with E-state index in [1.165, 1.54) is 18.2 Å². The molecule has 26 heavy (non-hydrogen) atoms. The van der Waals surface area contributed by atoms with Gasteiger partial charge in [0.05, 0.1) is 28.3 Å². The number of ketones is 1. The van der Waals surface area contributed by atoms with Crippen LogP contribution in [0.15, 0.2) is 18.2 Å². The highest BCUT2D eigenvalue weighted by Gasteiger charge is 2.26. The predicted octanol–water partition coefficient (Wildman–Crippen LogP) is 4.15. The molecule has 0 amide bonds. The zero-order valence-electron chi connectivity index (χ0n) is 14.4. The molecule has 0 unspecified atom stereocenters. The zero-order valence-corrected chi connectivity index (χ0v) is 16.0. The molecule has 0 atom stereocenters. The molecule has 0 spiro atoms. The second-order valence-electron chi connectivity index (χ2n) is 5.47. The van der Waals surface area contributed by atoms with Crippen LogP contribution in [0.2, 0.25) is 10.0 Å². The number of benzene rings is 1. The topological polar surface area (TPSA) is 85.5 Å². The molecule has 2 rings (SSSR count). The highest BCUT2D eigenvalue weighted by molar-refractivity contribution is 6.35. The summed E-state index contributed by atoms with van der Waals surface area (Å²) in [6, 6.07) is 4.34. The lowest BCUT2D eigenvalue weighted by molar-refractivity contribution is 0.0472. The van der Waals surface area contributed by atoms with Crippen molar-refractivity contribution in [3.8, 4) is 0 Å². The molecule has 0 fully saturated rings. The molecule has 0 saturated heterocycles. The Hall–Kier alpha value is -2.31. The lowest BCUT2D eigenvalue weighted by Crippen LogP contribution is -2.18. The molecule has 1 aromatic carbocycles. The van der Waals surface area contributed by atoms with Crippen molar-refractivity contribution >= 4 is 40.9 Å². The normalized spacial score (nSPS) is 10.5. The van der Waals surface area contributed by atoms with Gasteiger partial charge in [-0.1, -0.05) is 23.2 Å². The van der Waals surface area contributed by atoms with E-state index in [1.54, 1.807) is 20.8 Å². The van der Waals surface area contributed by atoms with Crippen molar-refractivity contribution in [3.05, 3.63) is 56.3 Å². The SMILES string of the molecule is CCOC(=O)c1c(C)[nH]c(C)c1C(=O)COC(=O)c1cc(Cl)ccc1Cl. The first-order chi connectivity index (χ1) is 12.3. The van der Waals surface area contributed by atoms with Gasteiger partial charge in [-0.05, 0) is 39.0 Å². The Morgan fingerprint density at radius 1 is 1.00 bits per heavy atom. The molecule has 0 aliphatic heterocycles. The number of H-pyrrole nitrogens is 1. The third-order valence-electron chi connectivity index (χ3n) is 3.62. The minimum atomic E-state index is -0.784. The van der Waals surface area contributed by atoms with Crippen molar-refractivity contribution in [2.45, 2.75) is 20.8 Å². The fourth-order valence-electron chi connectivity index (χ4n) is 2.52. The van der Waals surface area contributed by atoms with Crippen LogP contribution in [0.25, 0.3) is 0 Å². The van der Waals surface area contributed by atoms with Crippen LogP contribution in [0.3, 0.4) is 0 Å². The summed E-state index contributed by atoms with van der Waals surface area (Å²) in [4.78, 5) is 39.7. The van der Waals surface area contributed by atoms with Gasteiger partial charge in [0.25, 0.3) is 0 Å². The van der Waals surface area contributed by atoms with Gasteiger partial charge in [0.1, 0.15) is 0 Å². The summed E-state index contributed by atoms with van der Waals surface area (Å²) >= 11 is 11.8. The Morgan fingerprint density at radius 2 is 1.65 bits per heavy atom. The number of ether oxygens (including phenoxy) is 2. The quantitative estimate of drug-likeness (QED) is 0.584. The molecule has 1 aromatic heterocycles. The summed E-state index contributed by atoms with van der Waals surface area (Å²) in [7, 11) is 0. The first kappa shape index (κ1) is 20.0. The molecule has 0 radical (unpaired) electrons. The van der Waals surface area contributed by atoms with E-state index in [0.29, 0.717) is 16.4 Å². The highest BCUT2D eigenvalue weighted by atomic mass is 35.5. The first-order valence-corrected chi connectivity index (χ1v) is 8.53. The summed E-state index contributed by atoms with van der Waals surface area (Å²) in [6.45, 7) is 4.61. The average Bonchev–Trinajstić information content (AvgIpc) is 2.89. The third-order valence-corrected chi connectivity index (χ3v) is 4.18. The smallest absolute Gasteiger partial charge is 0.340 e. The number of aryl methyl sites for hydroxylation is 2. The molecule has 138 valence electrons. The Kier molecular flexibility index (Phi) is 6.45. The third kappa shape index (κ3) is 4.26. The van der Waals surface area contributed by atoms with E-state index >= 15 is 0 Å². The number of halogens is 2. The Balaban J connectivity index is 2.19. The zero-order chi connectivity index (χ0) is 19.4. The number of rotatable bonds is 6.